The molecule has 10 heteroatoms. The van der Waals surface area contributed by atoms with Crippen LogP contribution in [0, 0.1) is 18.7 Å². The van der Waals surface area contributed by atoms with E-state index in [-0.39, 0.29) is 35.4 Å². The van der Waals surface area contributed by atoms with Crippen LogP contribution >= 0.6 is 0 Å². The SMILES string of the molecule is CC[C@H](C(=O)NCC(C)C)N(Cc1ccc(OC)cc1)C(=O)CN(c1ccccc1F)S(=O)(=O)c1ccc(C)cc1. The molecule has 3 aromatic carbocycles. The number of rotatable bonds is 13. The predicted molar refractivity (Wildman–Crippen MR) is 158 cm³/mol. The first-order chi connectivity index (χ1) is 19.5. The van der Waals surface area contributed by atoms with E-state index in [4.69, 9.17) is 4.74 Å². The van der Waals surface area contributed by atoms with Gasteiger partial charge in [-0.2, -0.15) is 0 Å². The van der Waals surface area contributed by atoms with E-state index in [9.17, 15) is 18.0 Å². The Hall–Kier alpha value is -3.92. The van der Waals surface area contributed by atoms with E-state index in [2.05, 4.69) is 5.32 Å². The van der Waals surface area contributed by atoms with E-state index in [1.54, 1.807) is 50.4 Å². The van der Waals surface area contributed by atoms with Gasteiger partial charge in [0.05, 0.1) is 17.7 Å². The lowest BCUT2D eigenvalue weighted by atomic mass is 10.1. The molecule has 8 nitrogen and oxygen atoms in total. The summed E-state index contributed by atoms with van der Waals surface area (Å²) in [4.78, 5) is 28.6. The average Bonchev–Trinajstić information content (AvgIpc) is 2.95. The van der Waals surface area contributed by atoms with Crippen molar-refractivity contribution in [2.24, 2.45) is 5.92 Å². The van der Waals surface area contributed by atoms with Crippen LogP contribution in [0.5, 0.6) is 5.75 Å². The molecular weight excluding hydrogens is 545 g/mol. The highest BCUT2D eigenvalue weighted by Gasteiger charge is 2.34. The molecule has 0 fully saturated rings. The van der Waals surface area contributed by atoms with Gasteiger partial charge in [-0.15, -0.1) is 0 Å². The minimum Gasteiger partial charge on any atom is -0.497 e. The number of hydrogen-bond donors (Lipinski definition) is 1. The molecule has 0 aromatic heterocycles. The summed E-state index contributed by atoms with van der Waals surface area (Å²) in [7, 11) is -2.80. The first-order valence-electron chi connectivity index (χ1n) is 13.5. The number of benzene rings is 3. The molecule has 3 rings (SSSR count). The van der Waals surface area contributed by atoms with E-state index >= 15 is 4.39 Å². The molecule has 2 amide bonds. The lowest BCUT2D eigenvalue weighted by molar-refractivity contribution is -0.140. The number of ether oxygens (including phenoxy) is 1. The zero-order valence-electron chi connectivity index (χ0n) is 24.1. The summed E-state index contributed by atoms with van der Waals surface area (Å²) in [5.41, 5.74) is 1.30. The van der Waals surface area contributed by atoms with Crippen molar-refractivity contribution in [1.82, 2.24) is 10.2 Å². The van der Waals surface area contributed by atoms with Gasteiger partial charge in [-0.05, 0) is 61.2 Å². The standard InChI is InChI=1S/C31H38FN3O5S/c1-6-28(31(37)33-19-22(2)3)34(20-24-13-15-25(40-5)16-14-24)30(36)21-35(29-10-8-7-9-27(29)32)41(38,39)26-17-11-23(4)12-18-26/h7-18,22,28H,6,19-21H2,1-5H3,(H,33,37)/t28-/m1/s1. The monoisotopic (exact) mass is 583 g/mol. The highest BCUT2D eigenvalue weighted by molar-refractivity contribution is 7.92. The molecule has 1 atom stereocenters. The van der Waals surface area contributed by atoms with Gasteiger partial charge in [-0.1, -0.05) is 62.7 Å². The fourth-order valence-electron chi connectivity index (χ4n) is 4.27. The van der Waals surface area contributed by atoms with E-state index in [1.807, 2.05) is 20.8 Å². The van der Waals surface area contributed by atoms with Crippen LogP contribution in [0.2, 0.25) is 0 Å². The highest BCUT2D eigenvalue weighted by Crippen LogP contribution is 2.27. The number of amides is 2. The van der Waals surface area contributed by atoms with Crippen LogP contribution in [0.4, 0.5) is 10.1 Å². The summed E-state index contributed by atoms with van der Waals surface area (Å²) >= 11 is 0. The smallest absolute Gasteiger partial charge is 0.264 e. The summed E-state index contributed by atoms with van der Waals surface area (Å²) < 4.78 is 48.7. The Bertz CT molecular complexity index is 1430. The number of anilines is 1. The number of hydrogen-bond acceptors (Lipinski definition) is 5. The minimum atomic E-state index is -4.35. The maximum absolute atomic E-state index is 15.0. The van der Waals surface area contributed by atoms with Gasteiger partial charge in [0, 0.05) is 13.1 Å². The fraction of sp³-hybridized carbons (Fsp3) is 0.355. The minimum absolute atomic E-state index is 0.0339. The van der Waals surface area contributed by atoms with Gasteiger partial charge >= 0.3 is 0 Å². The van der Waals surface area contributed by atoms with Crippen molar-refractivity contribution in [3.63, 3.8) is 0 Å². The van der Waals surface area contributed by atoms with Gasteiger partial charge < -0.3 is 15.0 Å². The van der Waals surface area contributed by atoms with Crippen molar-refractivity contribution in [3.05, 3.63) is 89.7 Å². The van der Waals surface area contributed by atoms with Crippen molar-refractivity contribution >= 4 is 27.5 Å². The van der Waals surface area contributed by atoms with E-state index < -0.39 is 34.3 Å². The van der Waals surface area contributed by atoms with Gasteiger partial charge in [0.25, 0.3) is 10.0 Å². The largest absolute Gasteiger partial charge is 0.497 e. The van der Waals surface area contributed by atoms with Gasteiger partial charge in [-0.25, -0.2) is 12.8 Å². The first-order valence-corrected chi connectivity index (χ1v) is 15.0. The number of sulfonamides is 1. The number of nitrogens with zero attached hydrogens (tertiary/aromatic N) is 2. The Labute approximate surface area is 242 Å². The van der Waals surface area contributed by atoms with E-state index in [1.165, 1.54) is 35.2 Å². The summed E-state index contributed by atoms with van der Waals surface area (Å²) in [6.07, 6.45) is 0.288. The van der Waals surface area contributed by atoms with Crippen LogP contribution in [0.3, 0.4) is 0 Å². The number of methoxy groups -OCH3 is 1. The topological polar surface area (TPSA) is 96.0 Å². The van der Waals surface area contributed by atoms with Crippen molar-refractivity contribution in [2.75, 3.05) is 24.5 Å². The summed E-state index contributed by atoms with van der Waals surface area (Å²) in [6.45, 7) is 7.27. The molecule has 0 spiro atoms. The molecule has 0 heterocycles. The Morgan fingerprint density at radius 1 is 0.976 bits per heavy atom. The third-order valence-electron chi connectivity index (χ3n) is 6.59. The van der Waals surface area contributed by atoms with Crippen LogP contribution in [-0.4, -0.2) is 51.4 Å². The Kier molecular flexibility index (Phi) is 10.9. The van der Waals surface area contributed by atoms with Crippen molar-refractivity contribution in [1.29, 1.82) is 0 Å². The third kappa shape index (κ3) is 8.07. The van der Waals surface area contributed by atoms with Gasteiger partial charge in [0.1, 0.15) is 24.2 Å². The molecule has 0 unspecified atom stereocenters. The molecule has 0 aliphatic heterocycles. The van der Waals surface area contributed by atoms with Gasteiger partial charge in [0.15, 0.2) is 0 Å². The summed E-state index contributed by atoms with van der Waals surface area (Å²) in [6, 6.07) is 17.7. The van der Waals surface area contributed by atoms with Crippen LogP contribution < -0.4 is 14.4 Å². The second-order valence-electron chi connectivity index (χ2n) is 10.2. The summed E-state index contributed by atoms with van der Waals surface area (Å²) in [5.74, 6) is -0.964. The molecule has 41 heavy (non-hydrogen) atoms. The van der Waals surface area contributed by atoms with E-state index in [0.717, 1.165) is 15.9 Å². The molecule has 3 aromatic rings. The quantitative estimate of drug-likeness (QED) is 0.308. The molecule has 0 radical (unpaired) electrons. The van der Waals surface area contributed by atoms with E-state index in [0.29, 0.717) is 17.9 Å². The molecular formula is C31H38FN3O5S. The van der Waals surface area contributed by atoms with Gasteiger partial charge in [-0.3, -0.25) is 13.9 Å². The number of halogens is 1. The Morgan fingerprint density at radius 3 is 2.17 bits per heavy atom. The number of carbonyl (C=O) groups is 2. The zero-order valence-corrected chi connectivity index (χ0v) is 24.9. The van der Waals surface area contributed by atoms with Gasteiger partial charge in [0.2, 0.25) is 11.8 Å². The maximum Gasteiger partial charge on any atom is 0.264 e. The van der Waals surface area contributed by atoms with Crippen LogP contribution in [0.1, 0.15) is 38.3 Å². The average molecular weight is 584 g/mol. The Morgan fingerprint density at radius 2 is 1.61 bits per heavy atom. The van der Waals surface area contributed by atoms with Crippen molar-refractivity contribution < 1.29 is 27.1 Å². The van der Waals surface area contributed by atoms with Crippen LogP contribution in [0.25, 0.3) is 0 Å². The lowest BCUT2D eigenvalue weighted by Gasteiger charge is -2.33. The molecule has 0 saturated carbocycles. The summed E-state index contributed by atoms with van der Waals surface area (Å²) in [5, 5.41) is 2.88. The molecule has 0 saturated heterocycles. The number of nitrogens with one attached hydrogen (secondary N) is 1. The fourth-order valence-corrected chi connectivity index (χ4v) is 5.70. The zero-order chi connectivity index (χ0) is 30.2. The second kappa shape index (κ2) is 14.1. The third-order valence-corrected chi connectivity index (χ3v) is 8.37. The van der Waals surface area contributed by atoms with Crippen LogP contribution in [0.15, 0.2) is 77.7 Å². The molecule has 0 aliphatic rings. The van der Waals surface area contributed by atoms with Crippen molar-refractivity contribution in [3.8, 4) is 5.75 Å². The predicted octanol–water partition coefficient (Wildman–Crippen LogP) is 4.92. The Balaban J connectivity index is 2.05. The molecule has 1 N–H and O–H groups in total. The molecule has 0 aliphatic carbocycles. The normalized spacial score (nSPS) is 12.1. The van der Waals surface area contributed by atoms with Crippen molar-refractivity contribution in [2.45, 2.75) is 51.6 Å². The molecule has 0 bridgehead atoms. The number of carbonyl (C=O) groups excluding carboxylic acids is 2. The van der Waals surface area contributed by atoms with Crippen LogP contribution in [-0.2, 0) is 26.2 Å². The number of aryl methyl sites for hydroxylation is 1. The maximum atomic E-state index is 15.0. The number of para-hydroxylation sites is 1. The second-order valence-corrected chi connectivity index (χ2v) is 12.1. The first kappa shape index (κ1) is 31.6. The highest BCUT2D eigenvalue weighted by atomic mass is 32.2. The molecule has 220 valence electrons. The lowest BCUT2D eigenvalue weighted by Crippen LogP contribution is -2.52.